The maximum atomic E-state index is 6.04. The predicted molar refractivity (Wildman–Crippen MR) is 77.0 cm³/mol. The molecule has 0 amide bonds. The van der Waals surface area contributed by atoms with Gasteiger partial charge in [0.1, 0.15) is 0 Å². The molecule has 0 radical (unpaired) electrons. The van der Waals surface area contributed by atoms with Gasteiger partial charge in [0, 0.05) is 12.7 Å². The molecule has 1 aromatic heterocycles. The van der Waals surface area contributed by atoms with E-state index in [1.54, 1.807) is 11.3 Å². The summed E-state index contributed by atoms with van der Waals surface area (Å²) in [6.45, 7) is 8.39. The summed E-state index contributed by atoms with van der Waals surface area (Å²) in [4.78, 5) is 5.55. The number of rotatable bonds is 5. The molecule has 2 rings (SSSR count). The van der Waals surface area contributed by atoms with Crippen molar-refractivity contribution in [1.82, 2.24) is 4.98 Å². The van der Waals surface area contributed by atoms with Gasteiger partial charge >= 0.3 is 0 Å². The van der Waals surface area contributed by atoms with E-state index in [-0.39, 0.29) is 0 Å². The van der Waals surface area contributed by atoms with Crippen LogP contribution in [0.5, 0.6) is 0 Å². The maximum Gasteiger partial charge on any atom is 0.182 e. The van der Waals surface area contributed by atoms with E-state index in [9.17, 15) is 0 Å². The van der Waals surface area contributed by atoms with E-state index >= 15 is 0 Å². The molecule has 4 heteroatoms. The molecule has 1 fully saturated rings. The molecular formula is C14H24N2OS. The SMILES string of the molecule is CCNc1ncc(COC2CC(C)CC(C)C2)s1. The first-order chi connectivity index (χ1) is 8.67. The molecule has 2 atom stereocenters. The number of thiazole rings is 1. The van der Waals surface area contributed by atoms with E-state index in [4.69, 9.17) is 4.74 Å². The van der Waals surface area contributed by atoms with Crippen LogP contribution in [0.4, 0.5) is 5.13 Å². The molecule has 18 heavy (non-hydrogen) atoms. The molecule has 1 aliphatic carbocycles. The third-order valence-electron chi connectivity index (χ3n) is 3.48. The van der Waals surface area contributed by atoms with Crippen LogP contribution in [-0.4, -0.2) is 17.6 Å². The highest BCUT2D eigenvalue weighted by Crippen LogP contribution is 2.31. The van der Waals surface area contributed by atoms with Crippen LogP contribution in [0.1, 0.15) is 44.9 Å². The zero-order chi connectivity index (χ0) is 13.0. The molecule has 0 aliphatic heterocycles. The van der Waals surface area contributed by atoms with Crippen molar-refractivity contribution in [2.24, 2.45) is 11.8 Å². The largest absolute Gasteiger partial charge is 0.373 e. The van der Waals surface area contributed by atoms with E-state index in [0.29, 0.717) is 12.7 Å². The molecule has 1 heterocycles. The average molecular weight is 268 g/mol. The van der Waals surface area contributed by atoms with Gasteiger partial charge in [0.25, 0.3) is 0 Å². The normalized spacial score (nSPS) is 28.3. The molecule has 0 saturated heterocycles. The van der Waals surface area contributed by atoms with Gasteiger partial charge in [-0.15, -0.1) is 0 Å². The lowest BCUT2D eigenvalue weighted by molar-refractivity contribution is -0.00809. The molecule has 0 bridgehead atoms. The quantitative estimate of drug-likeness (QED) is 0.879. The molecule has 102 valence electrons. The molecule has 0 spiro atoms. The minimum Gasteiger partial charge on any atom is -0.373 e. The lowest BCUT2D eigenvalue weighted by Crippen LogP contribution is -2.26. The van der Waals surface area contributed by atoms with Gasteiger partial charge in [-0.05, 0) is 38.0 Å². The third-order valence-corrected chi connectivity index (χ3v) is 4.41. The van der Waals surface area contributed by atoms with Gasteiger partial charge in [0.05, 0.1) is 17.6 Å². The van der Waals surface area contributed by atoms with Gasteiger partial charge in [0.2, 0.25) is 0 Å². The Hall–Kier alpha value is -0.610. The first kappa shape index (κ1) is 13.8. The highest BCUT2D eigenvalue weighted by Gasteiger charge is 2.24. The molecule has 2 unspecified atom stereocenters. The van der Waals surface area contributed by atoms with Crippen molar-refractivity contribution < 1.29 is 4.74 Å². The van der Waals surface area contributed by atoms with Crippen LogP contribution in [0.25, 0.3) is 0 Å². The molecule has 3 nitrogen and oxygen atoms in total. The van der Waals surface area contributed by atoms with Gasteiger partial charge < -0.3 is 10.1 Å². The van der Waals surface area contributed by atoms with Crippen LogP contribution in [0.3, 0.4) is 0 Å². The topological polar surface area (TPSA) is 34.2 Å². The zero-order valence-corrected chi connectivity index (χ0v) is 12.4. The Morgan fingerprint density at radius 2 is 2.06 bits per heavy atom. The number of ether oxygens (including phenoxy) is 1. The van der Waals surface area contributed by atoms with Crippen LogP contribution < -0.4 is 5.32 Å². The van der Waals surface area contributed by atoms with E-state index in [2.05, 4.69) is 31.1 Å². The fourth-order valence-corrected chi connectivity index (χ4v) is 3.62. The molecule has 1 saturated carbocycles. The fourth-order valence-electron chi connectivity index (χ4n) is 2.82. The summed E-state index contributed by atoms with van der Waals surface area (Å²) in [6.07, 6.45) is 6.14. The van der Waals surface area contributed by atoms with E-state index in [1.165, 1.54) is 24.1 Å². The Kier molecular flexibility index (Phi) is 5.01. The Morgan fingerprint density at radius 3 is 2.72 bits per heavy atom. The monoisotopic (exact) mass is 268 g/mol. The standard InChI is InChI=1S/C14H24N2OS/c1-4-15-14-16-8-13(18-14)9-17-12-6-10(2)5-11(3)7-12/h8,10-12H,4-7,9H2,1-3H3,(H,15,16). The summed E-state index contributed by atoms with van der Waals surface area (Å²) in [7, 11) is 0. The Balaban J connectivity index is 1.79. The first-order valence-electron chi connectivity index (χ1n) is 6.97. The number of aromatic nitrogens is 1. The van der Waals surface area contributed by atoms with Crippen LogP contribution in [0, 0.1) is 11.8 Å². The lowest BCUT2D eigenvalue weighted by Gasteiger charge is -2.31. The van der Waals surface area contributed by atoms with Gasteiger partial charge in [-0.25, -0.2) is 4.98 Å². The van der Waals surface area contributed by atoms with Crippen molar-refractivity contribution in [3.05, 3.63) is 11.1 Å². The fraction of sp³-hybridized carbons (Fsp3) is 0.786. The summed E-state index contributed by atoms with van der Waals surface area (Å²) in [6, 6.07) is 0. The number of nitrogens with zero attached hydrogens (tertiary/aromatic N) is 1. The van der Waals surface area contributed by atoms with E-state index < -0.39 is 0 Å². The summed E-state index contributed by atoms with van der Waals surface area (Å²) in [5.41, 5.74) is 0. The highest BCUT2D eigenvalue weighted by atomic mass is 32.1. The molecule has 0 aromatic carbocycles. The summed E-state index contributed by atoms with van der Waals surface area (Å²) >= 11 is 1.70. The van der Waals surface area contributed by atoms with Gasteiger partial charge in [-0.2, -0.15) is 0 Å². The van der Waals surface area contributed by atoms with Crippen molar-refractivity contribution >= 4 is 16.5 Å². The lowest BCUT2D eigenvalue weighted by atomic mass is 9.82. The minimum atomic E-state index is 0.438. The Labute approximate surface area is 114 Å². The smallest absolute Gasteiger partial charge is 0.182 e. The summed E-state index contributed by atoms with van der Waals surface area (Å²) in [5, 5.41) is 4.23. The van der Waals surface area contributed by atoms with Crippen LogP contribution in [0.15, 0.2) is 6.20 Å². The van der Waals surface area contributed by atoms with Crippen molar-refractivity contribution in [2.45, 2.75) is 52.7 Å². The predicted octanol–water partition coefficient (Wildman–Crippen LogP) is 3.92. The summed E-state index contributed by atoms with van der Waals surface area (Å²) < 4.78 is 6.04. The third kappa shape index (κ3) is 3.95. The van der Waals surface area contributed by atoms with Crippen LogP contribution >= 0.6 is 11.3 Å². The molecule has 1 N–H and O–H groups in total. The second-order valence-electron chi connectivity index (χ2n) is 5.51. The number of hydrogen-bond donors (Lipinski definition) is 1. The van der Waals surface area contributed by atoms with Gasteiger partial charge in [-0.1, -0.05) is 25.2 Å². The second kappa shape index (κ2) is 6.53. The molecule has 1 aromatic rings. The number of anilines is 1. The summed E-state index contributed by atoms with van der Waals surface area (Å²) in [5.74, 6) is 1.61. The second-order valence-corrected chi connectivity index (χ2v) is 6.63. The number of nitrogens with one attached hydrogen (secondary N) is 1. The van der Waals surface area contributed by atoms with Crippen molar-refractivity contribution in [3.63, 3.8) is 0 Å². The zero-order valence-electron chi connectivity index (χ0n) is 11.6. The first-order valence-corrected chi connectivity index (χ1v) is 7.79. The number of hydrogen-bond acceptors (Lipinski definition) is 4. The van der Waals surface area contributed by atoms with Crippen molar-refractivity contribution in [2.75, 3.05) is 11.9 Å². The molecule has 1 aliphatic rings. The van der Waals surface area contributed by atoms with E-state index in [1.807, 2.05) is 6.20 Å². The van der Waals surface area contributed by atoms with Gasteiger partial charge in [-0.3, -0.25) is 0 Å². The Morgan fingerprint density at radius 1 is 1.33 bits per heavy atom. The highest BCUT2D eigenvalue weighted by molar-refractivity contribution is 7.15. The average Bonchev–Trinajstić information content (AvgIpc) is 2.74. The minimum absolute atomic E-state index is 0.438. The maximum absolute atomic E-state index is 6.04. The van der Waals surface area contributed by atoms with E-state index in [0.717, 1.165) is 23.5 Å². The van der Waals surface area contributed by atoms with Crippen LogP contribution in [-0.2, 0) is 11.3 Å². The molecular weight excluding hydrogens is 244 g/mol. The Bertz CT molecular complexity index is 356. The van der Waals surface area contributed by atoms with Gasteiger partial charge in [0.15, 0.2) is 5.13 Å². The van der Waals surface area contributed by atoms with Crippen molar-refractivity contribution in [1.29, 1.82) is 0 Å². The van der Waals surface area contributed by atoms with Crippen molar-refractivity contribution in [3.8, 4) is 0 Å². The van der Waals surface area contributed by atoms with Crippen LogP contribution in [0.2, 0.25) is 0 Å².